The fourth-order valence-electron chi connectivity index (χ4n) is 2.38. The average Bonchev–Trinajstić information content (AvgIpc) is 2.67. The number of primary amides is 1. The summed E-state index contributed by atoms with van der Waals surface area (Å²) in [7, 11) is 0. The second kappa shape index (κ2) is 10.2. The first-order chi connectivity index (χ1) is 13.3. The molecule has 0 fully saturated rings. The summed E-state index contributed by atoms with van der Waals surface area (Å²) >= 11 is 5.93. The van der Waals surface area contributed by atoms with Crippen LogP contribution < -0.4 is 26.6 Å². The van der Waals surface area contributed by atoms with E-state index in [-0.39, 0.29) is 13.0 Å². The summed E-state index contributed by atoms with van der Waals surface area (Å²) in [5, 5.41) is 3.10. The molecule has 5 N–H and O–H groups in total. The molecule has 0 saturated carbocycles. The highest BCUT2D eigenvalue weighted by Gasteiger charge is 2.17. The molecule has 0 aliphatic rings. The Morgan fingerprint density at radius 2 is 1.75 bits per heavy atom. The van der Waals surface area contributed by atoms with Crippen molar-refractivity contribution in [3.8, 4) is 5.75 Å². The smallest absolute Gasteiger partial charge is 0.312 e. The molecule has 8 nitrogen and oxygen atoms in total. The SMILES string of the molecule is Cc1cc(OCC(=O)NNC(=O)CC(NC(N)=O)c2ccccc2)ccc1Cl. The number of amides is 4. The lowest BCUT2D eigenvalue weighted by Gasteiger charge is -2.18. The Labute approximate surface area is 167 Å². The van der Waals surface area contributed by atoms with E-state index in [0.717, 1.165) is 5.56 Å². The molecule has 1 atom stereocenters. The molecule has 0 radical (unpaired) electrons. The van der Waals surface area contributed by atoms with Crippen LogP contribution in [0, 0.1) is 6.92 Å². The molecule has 0 spiro atoms. The highest BCUT2D eigenvalue weighted by Crippen LogP contribution is 2.21. The van der Waals surface area contributed by atoms with Crippen molar-refractivity contribution >= 4 is 29.4 Å². The Kier molecular flexibility index (Phi) is 7.65. The molecule has 0 bridgehead atoms. The first-order valence-electron chi connectivity index (χ1n) is 8.42. The Morgan fingerprint density at radius 3 is 2.39 bits per heavy atom. The predicted octanol–water partition coefficient (Wildman–Crippen LogP) is 1.97. The van der Waals surface area contributed by atoms with Gasteiger partial charge in [-0.15, -0.1) is 0 Å². The van der Waals surface area contributed by atoms with Gasteiger partial charge in [-0.3, -0.25) is 20.4 Å². The lowest BCUT2D eigenvalue weighted by molar-refractivity contribution is -0.130. The van der Waals surface area contributed by atoms with E-state index in [1.54, 1.807) is 42.5 Å². The zero-order valence-corrected chi connectivity index (χ0v) is 16.0. The van der Waals surface area contributed by atoms with Gasteiger partial charge in [0.15, 0.2) is 6.61 Å². The zero-order valence-electron chi connectivity index (χ0n) is 15.2. The Morgan fingerprint density at radius 1 is 1.07 bits per heavy atom. The summed E-state index contributed by atoms with van der Waals surface area (Å²) in [4.78, 5) is 35.1. The van der Waals surface area contributed by atoms with Crippen molar-refractivity contribution in [3.05, 3.63) is 64.7 Å². The van der Waals surface area contributed by atoms with Crippen LogP contribution in [0.3, 0.4) is 0 Å². The van der Waals surface area contributed by atoms with Crippen LogP contribution in [0.4, 0.5) is 4.79 Å². The summed E-state index contributed by atoms with van der Waals surface area (Å²) in [6.07, 6.45) is -0.107. The van der Waals surface area contributed by atoms with Gasteiger partial charge in [0.25, 0.3) is 5.91 Å². The maximum Gasteiger partial charge on any atom is 0.312 e. The van der Waals surface area contributed by atoms with Crippen molar-refractivity contribution in [2.24, 2.45) is 5.73 Å². The molecule has 2 aromatic rings. The van der Waals surface area contributed by atoms with Crippen molar-refractivity contribution < 1.29 is 19.1 Å². The number of hydrazine groups is 1. The minimum atomic E-state index is -0.752. The summed E-state index contributed by atoms with van der Waals surface area (Å²) in [6.45, 7) is 1.53. The number of halogens is 1. The molecular weight excluding hydrogens is 384 g/mol. The molecule has 9 heteroatoms. The molecule has 148 valence electrons. The van der Waals surface area contributed by atoms with Gasteiger partial charge in [0.2, 0.25) is 5.91 Å². The van der Waals surface area contributed by atoms with E-state index in [0.29, 0.717) is 16.3 Å². The third-order valence-corrected chi connectivity index (χ3v) is 4.17. The summed E-state index contributed by atoms with van der Waals surface area (Å²) in [6, 6.07) is 12.5. The largest absolute Gasteiger partial charge is 0.484 e. The van der Waals surface area contributed by atoms with Crippen LogP contribution in [0.5, 0.6) is 5.75 Å². The molecule has 28 heavy (non-hydrogen) atoms. The molecule has 2 aromatic carbocycles. The standard InChI is InChI=1S/C19H21ClN4O4/c1-12-9-14(7-8-15(12)20)28-11-18(26)24-23-17(25)10-16(22-19(21)27)13-5-3-2-4-6-13/h2-9,16H,10-11H2,1H3,(H,23,25)(H,24,26)(H3,21,22,27). The molecule has 4 amide bonds. The predicted molar refractivity (Wildman–Crippen MR) is 104 cm³/mol. The number of carbonyl (C=O) groups excluding carboxylic acids is 3. The van der Waals surface area contributed by atoms with Gasteiger partial charge in [-0.05, 0) is 36.2 Å². The van der Waals surface area contributed by atoms with Gasteiger partial charge >= 0.3 is 6.03 Å². The van der Waals surface area contributed by atoms with Crippen LogP contribution in [0.15, 0.2) is 48.5 Å². The lowest BCUT2D eigenvalue weighted by Crippen LogP contribution is -2.45. The van der Waals surface area contributed by atoms with E-state index >= 15 is 0 Å². The number of nitrogens with one attached hydrogen (secondary N) is 3. The van der Waals surface area contributed by atoms with Crippen molar-refractivity contribution in [3.63, 3.8) is 0 Å². The number of urea groups is 1. The van der Waals surface area contributed by atoms with Crippen LogP contribution >= 0.6 is 11.6 Å². The molecule has 2 rings (SSSR count). The summed E-state index contributed by atoms with van der Waals surface area (Å²) < 4.78 is 5.34. The van der Waals surface area contributed by atoms with Crippen LogP contribution in [-0.2, 0) is 9.59 Å². The van der Waals surface area contributed by atoms with E-state index in [9.17, 15) is 14.4 Å². The second-order valence-electron chi connectivity index (χ2n) is 5.97. The van der Waals surface area contributed by atoms with Crippen LogP contribution in [0.1, 0.15) is 23.6 Å². The number of hydrogen-bond donors (Lipinski definition) is 4. The zero-order chi connectivity index (χ0) is 20.5. The van der Waals surface area contributed by atoms with Crippen molar-refractivity contribution in [2.45, 2.75) is 19.4 Å². The van der Waals surface area contributed by atoms with Crippen molar-refractivity contribution in [1.82, 2.24) is 16.2 Å². The highest BCUT2D eigenvalue weighted by atomic mass is 35.5. The molecule has 0 saturated heterocycles. The molecule has 0 aromatic heterocycles. The number of hydrogen-bond acceptors (Lipinski definition) is 4. The number of aryl methyl sites for hydroxylation is 1. The topological polar surface area (TPSA) is 123 Å². The maximum absolute atomic E-state index is 12.1. The number of ether oxygens (including phenoxy) is 1. The van der Waals surface area contributed by atoms with E-state index in [2.05, 4.69) is 16.2 Å². The minimum absolute atomic E-state index is 0.107. The van der Waals surface area contributed by atoms with E-state index in [1.807, 2.05) is 13.0 Å². The monoisotopic (exact) mass is 404 g/mol. The van der Waals surface area contributed by atoms with Gasteiger partial charge in [0.05, 0.1) is 12.5 Å². The number of nitrogens with two attached hydrogens (primary N) is 1. The summed E-state index contributed by atoms with van der Waals surface area (Å²) in [5.74, 6) is -0.559. The van der Waals surface area contributed by atoms with Gasteiger partial charge in [0.1, 0.15) is 5.75 Å². The number of rotatable bonds is 7. The Hall–Kier alpha value is -3.26. The van der Waals surface area contributed by atoms with Gasteiger partial charge in [-0.25, -0.2) is 4.79 Å². The fourth-order valence-corrected chi connectivity index (χ4v) is 2.49. The van der Waals surface area contributed by atoms with Gasteiger partial charge in [0, 0.05) is 5.02 Å². The maximum atomic E-state index is 12.1. The quantitative estimate of drug-likeness (QED) is 0.527. The Bertz CT molecular complexity index is 845. The molecule has 0 aliphatic carbocycles. The third-order valence-electron chi connectivity index (χ3n) is 3.75. The lowest BCUT2D eigenvalue weighted by atomic mass is 10.0. The minimum Gasteiger partial charge on any atom is -0.484 e. The third kappa shape index (κ3) is 6.81. The van der Waals surface area contributed by atoms with Crippen molar-refractivity contribution in [2.75, 3.05) is 6.61 Å². The molecule has 1 unspecified atom stereocenters. The van der Waals surface area contributed by atoms with Gasteiger partial charge < -0.3 is 15.8 Å². The molecule has 0 aliphatic heterocycles. The van der Waals surface area contributed by atoms with Crippen LogP contribution in [0.2, 0.25) is 5.02 Å². The fraction of sp³-hybridized carbons (Fsp3) is 0.211. The number of benzene rings is 2. The molecular formula is C19H21ClN4O4. The van der Waals surface area contributed by atoms with E-state index < -0.39 is 23.9 Å². The van der Waals surface area contributed by atoms with Gasteiger partial charge in [-0.2, -0.15) is 0 Å². The van der Waals surface area contributed by atoms with Crippen molar-refractivity contribution in [1.29, 1.82) is 0 Å². The highest BCUT2D eigenvalue weighted by molar-refractivity contribution is 6.31. The first kappa shape index (κ1) is 21.0. The Balaban J connectivity index is 1.81. The van der Waals surface area contributed by atoms with Crippen LogP contribution in [-0.4, -0.2) is 24.5 Å². The van der Waals surface area contributed by atoms with E-state index in [4.69, 9.17) is 22.1 Å². The van der Waals surface area contributed by atoms with Crippen LogP contribution in [0.25, 0.3) is 0 Å². The molecule has 0 heterocycles. The average molecular weight is 405 g/mol. The normalized spacial score (nSPS) is 11.2. The van der Waals surface area contributed by atoms with E-state index in [1.165, 1.54) is 0 Å². The number of carbonyl (C=O) groups is 3. The second-order valence-corrected chi connectivity index (χ2v) is 6.38. The van der Waals surface area contributed by atoms with Gasteiger partial charge in [-0.1, -0.05) is 41.9 Å². The first-order valence-corrected chi connectivity index (χ1v) is 8.80. The summed E-state index contributed by atoms with van der Waals surface area (Å²) in [5.41, 5.74) is 11.2.